The summed E-state index contributed by atoms with van der Waals surface area (Å²) in [6, 6.07) is 0. The van der Waals surface area contributed by atoms with Crippen molar-refractivity contribution in [3.8, 4) is 0 Å². The Kier molecular flexibility index (Phi) is 3.29. The van der Waals surface area contributed by atoms with Gasteiger partial charge in [-0.2, -0.15) is 0 Å². The molecule has 2 unspecified atom stereocenters. The van der Waals surface area contributed by atoms with E-state index < -0.39 is 0 Å². The van der Waals surface area contributed by atoms with Crippen molar-refractivity contribution in [1.82, 2.24) is 0 Å². The van der Waals surface area contributed by atoms with Crippen molar-refractivity contribution in [3.05, 3.63) is 12.7 Å². The zero-order valence-corrected chi connectivity index (χ0v) is 7.50. The third kappa shape index (κ3) is 1.87. The van der Waals surface area contributed by atoms with E-state index in [-0.39, 0.29) is 6.61 Å². The van der Waals surface area contributed by atoms with Gasteiger partial charge in [-0.1, -0.05) is 6.08 Å². The minimum atomic E-state index is 0.261. The Hall–Kier alpha value is -0.340. The molecule has 1 aliphatic rings. The van der Waals surface area contributed by atoms with Crippen LogP contribution >= 0.6 is 0 Å². The van der Waals surface area contributed by atoms with E-state index in [1.807, 2.05) is 6.08 Å². The van der Waals surface area contributed by atoms with Crippen LogP contribution in [0.5, 0.6) is 0 Å². The van der Waals surface area contributed by atoms with Gasteiger partial charge in [0, 0.05) is 13.2 Å². The summed E-state index contributed by atoms with van der Waals surface area (Å²) < 4.78 is 0. The number of hydrogen-bond donors (Lipinski definition) is 2. The molecule has 12 heavy (non-hydrogen) atoms. The van der Waals surface area contributed by atoms with Gasteiger partial charge in [-0.25, -0.2) is 0 Å². The first-order chi connectivity index (χ1) is 5.79. The van der Waals surface area contributed by atoms with E-state index in [0.717, 1.165) is 25.7 Å². The maximum atomic E-state index is 8.97. The highest BCUT2D eigenvalue weighted by molar-refractivity contribution is 5.04. The van der Waals surface area contributed by atoms with Gasteiger partial charge in [0.25, 0.3) is 0 Å². The van der Waals surface area contributed by atoms with Crippen LogP contribution < -0.4 is 0 Å². The summed E-state index contributed by atoms with van der Waals surface area (Å²) in [6.45, 7) is 4.27. The summed E-state index contributed by atoms with van der Waals surface area (Å²) in [4.78, 5) is 0. The molecule has 0 aliphatic heterocycles. The molecule has 0 bridgehead atoms. The van der Waals surface area contributed by atoms with Gasteiger partial charge in [0.05, 0.1) is 0 Å². The first-order valence-corrected chi connectivity index (χ1v) is 4.61. The molecule has 1 fully saturated rings. The summed E-state index contributed by atoms with van der Waals surface area (Å²) in [7, 11) is 0. The lowest BCUT2D eigenvalue weighted by molar-refractivity contribution is 0.227. The molecule has 0 aromatic heterocycles. The quantitative estimate of drug-likeness (QED) is 0.590. The minimum Gasteiger partial charge on any atom is -0.396 e. The summed E-state index contributed by atoms with van der Waals surface area (Å²) in [5.41, 5.74) is 0.291. The molecular formula is C10H18O2. The average molecular weight is 170 g/mol. The van der Waals surface area contributed by atoms with E-state index >= 15 is 0 Å². The largest absolute Gasteiger partial charge is 0.396 e. The smallest absolute Gasteiger partial charge is 0.0464 e. The van der Waals surface area contributed by atoms with E-state index in [0.29, 0.717) is 17.9 Å². The molecule has 1 rings (SSSR count). The van der Waals surface area contributed by atoms with E-state index in [1.54, 1.807) is 0 Å². The molecule has 0 aromatic rings. The molecule has 0 aromatic carbocycles. The van der Waals surface area contributed by atoms with E-state index in [2.05, 4.69) is 6.58 Å². The topological polar surface area (TPSA) is 40.5 Å². The predicted octanol–water partition coefficient (Wildman–Crippen LogP) is 1.33. The van der Waals surface area contributed by atoms with Crippen LogP contribution in [0.2, 0.25) is 0 Å². The van der Waals surface area contributed by atoms with Gasteiger partial charge in [0.1, 0.15) is 0 Å². The third-order valence-electron chi connectivity index (χ3n) is 2.96. The highest BCUT2D eigenvalue weighted by Crippen LogP contribution is 2.58. The van der Waals surface area contributed by atoms with E-state index in [1.165, 1.54) is 0 Å². The zero-order valence-electron chi connectivity index (χ0n) is 7.50. The Morgan fingerprint density at radius 3 is 2.67 bits per heavy atom. The Bertz CT molecular complexity index is 156. The maximum Gasteiger partial charge on any atom is 0.0464 e. The van der Waals surface area contributed by atoms with Crippen LogP contribution in [-0.4, -0.2) is 23.4 Å². The monoisotopic (exact) mass is 170 g/mol. The second-order valence-corrected chi connectivity index (χ2v) is 3.77. The molecule has 0 saturated heterocycles. The number of hydrogen-bond acceptors (Lipinski definition) is 2. The van der Waals surface area contributed by atoms with E-state index in [4.69, 9.17) is 10.2 Å². The van der Waals surface area contributed by atoms with Crippen molar-refractivity contribution in [2.45, 2.75) is 25.7 Å². The molecule has 0 radical (unpaired) electrons. The fourth-order valence-corrected chi connectivity index (χ4v) is 2.07. The van der Waals surface area contributed by atoms with Gasteiger partial charge in [0.2, 0.25) is 0 Å². The van der Waals surface area contributed by atoms with Crippen molar-refractivity contribution in [2.75, 3.05) is 13.2 Å². The van der Waals surface area contributed by atoms with Crippen molar-refractivity contribution in [3.63, 3.8) is 0 Å². The second kappa shape index (κ2) is 4.06. The fraction of sp³-hybridized carbons (Fsp3) is 0.800. The van der Waals surface area contributed by atoms with Crippen LogP contribution in [0, 0.1) is 11.3 Å². The molecule has 1 saturated carbocycles. The van der Waals surface area contributed by atoms with Crippen molar-refractivity contribution >= 4 is 0 Å². The SMILES string of the molecule is C=CCC1(CCCO)CC1CO. The standard InChI is InChI=1S/C10H18O2/c1-2-4-10(5-3-6-11)7-9(10)8-12/h2,9,11-12H,1,3-8H2. The first kappa shape index (κ1) is 9.75. The molecule has 70 valence electrons. The predicted molar refractivity (Wildman–Crippen MR) is 48.8 cm³/mol. The van der Waals surface area contributed by atoms with Gasteiger partial charge in [-0.3, -0.25) is 0 Å². The van der Waals surface area contributed by atoms with Crippen LogP contribution in [0.1, 0.15) is 25.7 Å². The maximum absolute atomic E-state index is 8.97. The Balaban J connectivity index is 2.35. The average Bonchev–Trinajstić information content (AvgIpc) is 2.77. The summed E-state index contributed by atoms with van der Waals surface area (Å²) in [5.74, 6) is 0.460. The minimum absolute atomic E-state index is 0.261. The lowest BCUT2D eigenvalue weighted by Gasteiger charge is -2.13. The molecule has 2 N–H and O–H groups in total. The zero-order chi connectivity index (χ0) is 9.03. The highest BCUT2D eigenvalue weighted by Gasteiger charge is 2.51. The number of aliphatic hydroxyl groups excluding tert-OH is 2. The summed E-state index contributed by atoms with van der Waals surface area (Å²) in [5, 5.41) is 17.7. The lowest BCUT2D eigenvalue weighted by atomic mass is 9.93. The van der Waals surface area contributed by atoms with Gasteiger partial charge < -0.3 is 10.2 Å². The normalized spacial score (nSPS) is 33.3. The molecule has 2 atom stereocenters. The first-order valence-electron chi connectivity index (χ1n) is 4.61. The van der Waals surface area contributed by atoms with Crippen molar-refractivity contribution < 1.29 is 10.2 Å². The van der Waals surface area contributed by atoms with Gasteiger partial charge in [-0.05, 0) is 37.0 Å². The molecule has 2 nitrogen and oxygen atoms in total. The Labute approximate surface area is 73.9 Å². The Morgan fingerprint density at radius 2 is 2.25 bits per heavy atom. The Morgan fingerprint density at radius 1 is 1.50 bits per heavy atom. The van der Waals surface area contributed by atoms with Crippen molar-refractivity contribution in [2.24, 2.45) is 11.3 Å². The lowest BCUT2D eigenvalue weighted by Crippen LogP contribution is -2.06. The molecular weight excluding hydrogens is 152 g/mol. The summed E-state index contributed by atoms with van der Waals surface area (Å²) in [6.07, 6.45) is 5.89. The number of aliphatic hydroxyl groups is 2. The number of allylic oxidation sites excluding steroid dienone is 1. The van der Waals surface area contributed by atoms with Crippen LogP contribution in [0.4, 0.5) is 0 Å². The fourth-order valence-electron chi connectivity index (χ4n) is 2.07. The van der Waals surface area contributed by atoms with Gasteiger partial charge >= 0.3 is 0 Å². The molecule has 0 heterocycles. The molecule has 0 spiro atoms. The van der Waals surface area contributed by atoms with Crippen molar-refractivity contribution in [1.29, 1.82) is 0 Å². The van der Waals surface area contributed by atoms with Crippen LogP contribution in [-0.2, 0) is 0 Å². The third-order valence-corrected chi connectivity index (χ3v) is 2.96. The van der Waals surface area contributed by atoms with Crippen LogP contribution in [0.3, 0.4) is 0 Å². The van der Waals surface area contributed by atoms with Crippen LogP contribution in [0.15, 0.2) is 12.7 Å². The molecule has 0 amide bonds. The summed E-state index contributed by atoms with van der Waals surface area (Å²) >= 11 is 0. The van der Waals surface area contributed by atoms with E-state index in [9.17, 15) is 0 Å². The highest BCUT2D eigenvalue weighted by atomic mass is 16.3. The van der Waals surface area contributed by atoms with Gasteiger partial charge in [0.15, 0.2) is 0 Å². The number of rotatable bonds is 6. The molecule has 1 aliphatic carbocycles. The molecule has 2 heteroatoms. The van der Waals surface area contributed by atoms with Gasteiger partial charge in [-0.15, -0.1) is 6.58 Å². The van der Waals surface area contributed by atoms with Crippen LogP contribution in [0.25, 0.3) is 0 Å². The second-order valence-electron chi connectivity index (χ2n) is 3.77.